The lowest BCUT2D eigenvalue weighted by atomic mass is 10.0. The fourth-order valence-corrected chi connectivity index (χ4v) is 4.66. The van der Waals surface area contributed by atoms with Crippen LogP contribution in [0.5, 0.6) is 0 Å². The summed E-state index contributed by atoms with van der Waals surface area (Å²) >= 11 is 5.92. The minimum absolute atomic E-state index is 0.0211. The quantitative estimate of drug-likeness (QED) is 0.685. The van der Waals surface area contributed by atoms with Crippen molar-refractivity contribution in [1.82, 2.24) is 19.9 Å². The summed E-state index contributed by atoms with van der Waals surface area (Å²) in [5, 5.41) is 4.01. The number of halogens is 2. The normalized spacial score (nSPS) is 22.3. The standard InChI is InChI=1S/C22H19ClFN5O/c23-14-2-5-20(27-11-14)28-18-8-13-9-19(18)29(12-13)22(30)17-10-15(24)3-4-16(17)21-25-6-1-7-26-21/h1-7,10-11,13,18-19H,8-9,12H2,(H,27,28)/t13-,18+,19-/m0/s1. The van der Waals surface area contributed by atoms with Gasteiger partial charge in [-0.15, -0.1) is 0 Å². The van der Waals surface area contributed by atoms with Crippen LogP contribution in [0.15, 0.2) is 55.0 Å². The van der Waals surface area contributed by atoms with E-state index in [1.54, 1.807) is 36.8 Å². The van der Waals surface area contributed by atoms with Gasteiger partial charge in [0.1, 0.15) is 11.6 Å². The summed E-state index contributed by atoms with van der Waals surface area (Å²) in [6.45, 7) is 0.668. The van der Waals surface area contributed by atoms with E-state index in [0.717, 1.165) is 18.7 Å². The summed E-state index contributed by atoms with van der Waals surface area (Å²) in [7, 11) is 0. The van der Waals surface area contributed by atoms with Crippen LogP contribution in [-0.4, -0.2) is 44.4 Å². The molecule has 3 atom stereocenters. The molecule has 1 aliphatic carbocycles. The van der Waals surface area contributed by atoms with Crippen LogP contribution in [0, 0.1) is 11.7 Å². The average Bonchev–Trinajstić information content (AvgIpc) is 3.36. The van der Waals surface area contributed by atoms with Crippen LogP contribution in [0.2, 0.25) is 5.02 Å². The number of nitrogens with zero attached hydrogens (tertiary/aromatic N) is 4. The lowest BCUT2D eigenvalue weighted by Crippen LogP contribution is -2.47. The number of benzene rings is 1. The van der Waals surface area contributed by atoms with Crippen LogP contribution in [0.25, 0.3) is 11.4 Å². The zero-order valence-electron chi connectivity index (χ0n) is 16.0. The van der Waals surface area contributed by atoms with Crippen molar-refractivity contribution < 1.29 is 9.18 Å². The van der Waals surface area contributed by atoms with Gasteiger partial charge in [-0.05, 0) is 55.2 Å². The number of likely N-dealkylation sites (tertiary alicyclic amines) is 1. The van der Waals surface area contributed by atoms with Gasteiger partial charge >= 0.3 is 0 Å². The Morgan fingerprint density at radius 3 is 2.70 bits per heavy atom. The Labute approximate surface area is 178 Å². The molecule has 1 saturated carbocycles. The number of rotatable bonds is 4. The van der Waals surface area contributed by atoms with Crippen molar-refractivity contribution in [2.75, 3.05) is 11.9 Å². The summed E-state index contributed by atoms with van der Waals surface area (Å²) in [4.78, 5) is 28.1. The maximum Gasteiger partial charge on any atom is 0.255 e. The van der Waals surface area contributed by atoms with Crippen LogP contribution in [0.1, 0.15) is 23.2 Å². The van der Waals surface area contributed by atoms with E-state index < -0.39 is 5.82 Å². The molecule has 6 nitrogen and oxygen atoms in total. The number of carbonyl (C=O) groups excluding carboxylic acids is 1. The van der Waals surface area contributed by atoms with Crippen LogP contribution < -0.4 is 5.32 Å². The molecule has 1 N–H and O–H groups in total. The molecule has 0 unspecified atom stereocenters. The van der Waals surface area contributed by atoms with Crippen molar-refractivity contribution in [2.45, 2.75) is 24.9 Å². The van der Waals surface area contributed by atoms with E-state index >= 15 is 0 Å². The Bertz CT molecular complexity index is 1080. The number of pyridine rings is 1. The Morgan fingerprint density at radius 1 is 1.13 bits per heavy atom. The summed E-state index contributed by atoms with van der Waals surface area (Å²) in [5.41, 5.74) is 0.825. The summed E-state index contributed by atoms with van der Waals surface area (Å²) < 4.78 is 14.1. The predicted molar refractivity (Wildman–Crippen MR) is 112 cm³/mol. The molecular weight excluding hydrogens is 405 g/mol. The minimum Gasteiger partial charge on any atom is -0.365 e. The average molecular weight is 424 g/mol. The third-order valence-corrected chi connectivity index (χ3v) is 6.05. The zero-order valence-corrected chi connectivity index (χ0v) is 16.8. The molecule has 1 aliphatic heterocycles. The number of piperidine rings is 1. The second-order valence-corrected chi connectivity index (χ2v) is 8.17. The molecular formula is C22H19ClFN5O. The number of aromatic nitrogens is 3. The number of hydrogen-bond acceptors (Lipinski definition) is 5. The summed E-state index contributed by atoms with van der Waals surface area (Å²) in [6.07, 6.45) is 6.70. The second kappa shape index (κ2) is 7.65. The molecule has 8 heteroatoms. The smallest absolute Gasteiger partial charge is 0.255 e. The number of amides is 1. The van der Waals surface area contributed by atoms with E-state index in [-0.39, 0.29) is 23.6 Å². The summed E-state index contributed by atoms with van der Waals surface area (Å²) in [6, 6.07) is 9.61. The predicted octanol–water partition coefficient (Wildman–Crippen LogP) is 4.05. The van der Waals surface area contributed by atoms with Gasteiger partial charge in [-0.3, -0.25) is 4.79 Å². The van der Waals surface area contributed by atoms with Crippen LogP contribution in [0.4, 0.5) is 10.2 Å². The maximum atomic E-state index is 14.1. The van der Waals surface area contributed by atoms with E-state index in [1.165, 1.54) is 12.1 Å². The number of anilines is 1. The van der Waals surface area contributed by atoms with Crippen molar-refractivity contribution in [3.63, 3.8) is 0 Å². The van der Waals surface area contributed by atoms with E-state index in [4.69, 9.17) is 11.6 Å². The molecule has 3 heterocycles. The van der Waals surface area contributed by atoms with Gasteiger partial charge in [0.2, 0.25) is 0 Å². The molecule has 1 aromatic carbocycles. The largest absolute Gasteiger partial charge is 0.365 e. The molecule has 2 bridgehead atoms. The highest BCUT2D eigenvalue weighted by atomic mass is 35.5. The van der Waals surface area contributed by atoms with E-state index in [9.17, 15) is 9.18 Å². The van der Waals surface area contributed by atoms with Crippen molar-refractivity contribution in [3.05, 3.63) is 71.4 Å². The first-order valence-electron chi connectivity index (χ1n) is 9.84. The third-order valence-electron chi connectivity index (χ3n) is 5.82. The molecule has 2 aromatic heterocycles. The van der Waals surface area contributed by atoms with Crippen molar-refractivity contribution in [2.24, 2.45) is 5.92 Å². The lowest BCUT2D eigenvalue weighted by molar-refractivity contribution is 0.0692. The van der Waals surface area contributed by atoms with Gasteiger partial charge in [0, 0.05) is 36.7 Å². The zero-order chi connectivity index (χ0) is 20.7. The molecule has 2 fully saturated rings. The van der Waals surface area contributed by atoms with Crippen LogP contribution >= 0.6 is 11.6 Å². The Hall–Kier alpha value is -3.06. The maximum absolute atomic E-state index is 14.1. The molecule has 2 aliphatic rings. The number of fused-ring (bicyclic) bond motifs is 2. The van der Waals surface area contributed by atoms with Gasteiger partial charge in [0.05, 0.1) is 16.6 Å². The first-order valence-corrected chi connectivity index (χ1v) is 10.2. The fraction of sp³-hybridized carbons (Fsp3) is 0.273. The van der Waals surface area contributed by atoms with Gasteiger partial charge in [-0.25, -0.2) is 19.3 Å². The number of carbonyl (C=O) groups is 1. The highest BCUT2D eigenvalue weighted by Gasteiger charge is 2.47. The van der Waals surface area contributed by atoms with Gasteiger partial charge < -0.3 is 10.2 Å². The number of nitrogens with one attached hydrogen (secondary N) is 1. The molecule has 3 aromatic rings. The van der Waals surface area contributed by atoms with Gasteiger partial charge in [0.25, 0.3) is 5.91 Å². The Morgan fingerprint density at radius 2 is 1.97 bits per heavy atom. The molecule has 0 radical (unpaired) electrons. The monoisotopic (exact) mass is 423 g/mol. The van der Waals surface area contributed by atoms with Gasteiger partial charge in [0.15, 0.2) is 5.82 Å². The van der Waals surface area contributed by atoms with Crippen molar-refractivity contribution in [1.29, 1.82) is 0 Å². The molecule has 152 valence electrons. The van der Waals surface area contributed by atoms with Gasteiger partial charge in [-0.2, -0.15) is 0 Å². The van der Waals surface area contributed by atoms with Crippen molar-refractivity contribution >= 4 is 23.3 Å². The van der Waals surface area contributed by atoms with Crippen LogP contribution in [-0.2, 0) is 0 Å². The molecule has 1 saturated heterocycles. The first kappa shape index (κ1) is 18.9. The third kappa shape index (κ3) is 3.50. The van der Waals surface area contributed by atoms with Crippen LogP contribution in [0.3, 0.4) is 0 Å². The molecule has 1 amide bonds. The summed E-state index contributed by atoms with van der Waals surface area (Å²) in [5.74, 6) is 0.898. The highest BCUT2D eigenvalue weighted by Crippen LogP contribution is 2.40. The lowest BCUT2D eigenvalue weighted by Gasteiger charge is -2.34. The minimum atomic E-state index is -0.456. The molecule has 0 spiro atoms. The second-order valence-electron chi connectivity index (χ2n) is 7.74. The Balaban J connectivity index is 1.42. The SMILES string of the molecule is O=C(c1cc(F)ccc1-c1ncccn1)N1C[C@H]2C[C@@H](Nc3ccc(Cl)cn3)[C@@H]1C2. The fourth-order valence-electron chi connectivity index (χ4n) is 4.55. The highest BCUT2D eigenvalue weighted by molar-refractivity contribution is 6.30. The first-order chi connectivity index (χ1) is 14.6. The molecule has 30 heavy (non-hydrogen) atoms. The van der Waals surface area contributed by atoms with E-state index in [2.05, 4.69) is 20.3 Å². The van der Waals surface area contributed by atoms with Gasteiger partial charge in [-0.1, -0.05) is 11.6 Å². The van der Waals surface area contributed by atoms with E-state index in [1.807, 2.05) is 11.0 Å². The topological polar surface area (TPSA) is 71.0 Å². The molecule has 5 rings (SSSR count). The van der Waals surface area contributed by atoms with E-state index in [0.29, 0.717) is 28.9 Å². The van der Waals surface area contributed by atoms with Crippen molar-refractivity contribution in [3.8, 4) is 11.4 Å². The number of hydrogen-bond donors (Lipinski definition) is 1. The Kier molecular flexibility index (Phi) is 4.83.